The van der Waals surface area contributed by atoms with Crippen LogP contribution in [0.3, 0.4) is 0 Å². The number of halogens is 2. The monoisotopic (exact) mass is 330 g/mol. The number of hydrogen-bond donors (Lipinski definition) is 0. The van der Waals surface area contributed by atoms with Crippen LogP contribution in [0.5, 0.6) is 0 Å². The summed E-state index contributed by atoms with van der Waals surface area (Å²) in [6.45, 7) is 0. The van der Waals surface area contributed by atoms with E-state index in [4.69, 9.17) is 16.0 Å². The summed E-state index contributed by atoms with van der Waals surface area (Å²) in [4.78, 5) is 0. The molecule has 0 unspecified atom stereocenters. The average Bonchev–Trinajstić information content (AvgIpc) is 2.78. The number of rotatable bonds is 0. The zero-order valence-corrected chi connectivity index (χ0v) is 12.1. The molecule has 19 heavy (non-hydrogen) atoms. The zero-order valence-electron chi connectivity index (χ0n) is 9.78. The van der Waals surface area contributed by atoms with Crippen molar-refractivity contribution in [2.45, 2.75) is 0 Å². The zero-order chi connectivity index (χ0) is 13.0. The molecular formula is C16H8BrClO. The van der Waals surface area contributed by atoms with Gasteiger partial charge in [-0.2, -0.15) is 0 Å². The smallest absolute Gasteiger partial charge is 0.144 e. The predicted octanol–water partition coefficient (Wildman–Crippen LogP) is 6.16. The molecule has 0 N–H and O–H groups in total. The van der Waals surface area contributed by atoms with E-state index in [0.29, 0.717) is 0 Å². The molecule has 0 spiro atoms. The maximum Gasteiger partial charge on any atom is 0.144 e. The van der Waals surface area contributed by atoms with Crippen molar-refractivity contribution in [3.8, 4) is 0 Å². The van der Waals surface area contributed by atoms with Gasteiger partial charge < -0.3 is 4.42 Å². The largest absolute Gasteiger partial charge is 0.455 e. The van der Waals surface area contributed by atoms with E-state index in [-0.39, 0.29) is 0 Å². The summed E-state index contributed by atoms with van der Waals surface area (Å²) in [6, 6.07) is 16.1. The van der Waals surface area contributed by atoms with Gasteiger partial charge in [0.2, 0.25) is 0 Å². The van der Waals surface area contributed by atoms with Crippen molar-refractivity contribution < 1.29 is 4.42 Å². The molecule has 4 aromatic rings. The van der Waals surface area contributed by atoms with E-state index in [9.17, 15) is 0 Å². The molecule has 0 fully saturated rings. The highest BCUT2D eigenvalue weighted by atomic mass is 79.9. The van der Waals surface area contributed by atoms with Gasteiger partial charge in [0.25, 0.3) is 0 Å². The van der Waals surface area contributed by atoms with Crippen LogP contribution in [-0.2, 0) is 0 Å². The molecule has 0 radical (unpaired) electrons. The summed E-state index contributed by atoms with van der Waals surface area (Å²) in [7, 11) is 0. The minimum atomic E-state index is 0.731. The summed E-state index contributed by atoms with van der Waals surface area (Å²) < 4.78 is 7.01. The molecule has 4 rings (SSSR count). The first-order valence-corrected chi connectivity index (χ1v) is 7.10. The second-order valence-corrected chi connectivity index (χ2v) is 5.85. The van der Waals surface area contributed by atoms with E-state index in [2.05, 4.69) is 22.0 Å². The minimum absolute atomic E-state index is 0.731. The summed E-state index contributed by atoms with van der Waals surface area (Å²) in [5.74, 6) is 0. The van der Waals surface area contributed by atoms with Gasteiger partial charge in [-0.15, -0.1) is 0 Å². The van der Waals surface area contributed by atoms with Crippen LogP contribution in [0.15, 0.2) is 57.4 Å². The van der Waals surface area contributed by atoms with Crippen LogP contribution in [-0.4, -0.2) is 0 Å². The van der Waals surface area contributed by atoms with Crippen molar-refractivity contribution in [2.75, 3.05) is 0 Å². The van der Waals surface area contributed by atoms with E-state index in [1.807, 2.05) is 42.5 Å². The van der Waals surface area contributed by atoms with Crippen molar-refractivity contribution in [3.05, 3.63) is 58.0 Å². The fourth-order valence-corrected chi connectivity index (χ4v) is 3.18. The lowest BCUT2D eigenvalue weighted by Crippen LogP contribution is -1.75. The third kappa shape index (κ3) is 1.60. The van der Waals surface area contributed by atoms with E-state index >= 15 is 0 Å². The third-order valence-corrected chi connectivity index (χ3v) is 4.17. The lowest BCUT2D eigenvalue weighted by atomic mass is 10.1. The van der Waals surface area contributed by atoms with Crippen molar-refractivity contribution >= 4 is 60.2 Å². The standard InChI is InChI=1S/C16H8BrClO/c17-10-5-6-12-14(8-10)19-16-11-4-2-1-3-9(11)7-13(18)15(12)16/h1-8H. The Morgan fingerprint density at radius 1 is 0.947 bits per heavy atom. The van der Waals surface area contributed by atoms with Crippen molar-refractivity contribution in [3.63, 3.8) is 0 Å². The summed E-state index contributed by atoms with van der Waals surface area (Å²) in [5, 5.41) is 4.96. The van der Waals surface area contributed by atoms with Crippen molar-refractivity contribution in [1.29, 1.82) is 0 Å². The molecule has 3 aromatic carbocycles. The van der Waals surface area contributed by atoms with Crippen LogP contribution in [0, 0.1) is 0 Å². The molecule has 0 amide bonds. The van der Waals surface area contributed by atoms with Crippen molar-refractivity contribution in [2.24, 2.45) is 0 Å². The predicted molar refractivity (Wildman–Crippen MR) is 83.9 cm³/mol. The highest BCUT2D eigenvalue weighted by Crippen LogP contribution is 2.39. The minimum Gasteiger partial charge on any atom is -0.455 e. The Labute approximate surface area is 122 Å². The van der Waals surface area contributed by atoms with E-state index in [1.165, 1.54) is 0 Å². The molecule has 0 atom stereocenters. The number of benzene rings is 3. The molecule has 1 nitrogen and oxygen atoms in total. The van der Waals surface area contributed by atoms with Crippen LogP contribution < -0.4 is 0 Å². The van der Waals surface area contributed by atoms with Gasteiger partial charge in [0, 0.05) is 20.6 Å². The lowest BCUT2D eigenvalue weighted by Gasteiger charge is -2.00. The van der Waals surface area contributed by atoms with Gasteiger partial charge in [0.1, 0.15) is 11.2 Å². The van der Waals surface area contributed by atoms with Gasteiger partial charge in [-0.25, -0.2) is 0 Å². The Bertz CT molecular complexity index is 940. The second kappa shape index (κ2) is 3.99. The Morgan fingerprint density at radius 3 is 2.68 bits per heavy atom. The summed E-state index contributed by atoms with van der Waals surface area (Å²) >= 11 is 9.89. The molecule has 0 bridgehead atoms. The second-order valence-electron chi connectivity index (χ2n) is 4.53. The van der Waals surface area contributed by atoms with E-state index in [1.54, 1.807) is 0 Å². The fraction of sp³-hybridized carbons (Fsp3) is 0. The first-order valence-electron chi connectivity index (χ1n) is 5.93. The van der Waals surface area contributed by atoms with Crippen LogP contribution in [0.1, 0.15) is 0 Å². The van der Waals surface area contributed by atoms with Crippen LogP contribution in [0.25, 0.3) is 32.7 Å². The Balaban J connectivity index is 2.33. The third-order valence-electron chi connectivity index (χ3n) is 3.38. The van der Waals surface area contributed by atoms with Gasteiger partial charge in [-0.1, -0.05) is 51.8 Å². The molecular weight excluding hydrogens is 324 g/mol. The van der Waals surface area contributed by atoms with Crippen LogP contribution in [0.4, 0.5) is 0 Å². The quantitative estimate of drug-likeness (QED) is 0.376. The topological polar surface area (TPSA) is 13.1 Å². The Hall–Kier alpha value is -1.51. The maximum absolute atomic E-state index is 6.42. The molecule has 0 saturated carbocycles. The van der Waals surface area contributed by atoms with Gasteiger partial charge in [0.05, 0.1) is 5.02 Å². The maximum atomic E-state index is 6.42. The molecule has 0 aliphatic carbocycles. The molecule has 1 heterocycles. The molecule has 0 saturated heterocycles. The highest BCUT2D eigenvalue weighted by Gasteiger charge is 2.13. The summed E-state index contributed by atoms with van der Waals surface area (Å²) in [6.07, 6.45) is 0. The van der Waals surface area contributed by atoms with Crippen LogP contribution >= 0.6 is 27.5 Å². The molecule has 3 heteroatoms. The van der Waals surface area contributed by atoms with E-state index < -0.39 is 0 Å². The number of hydrogen-bond acceptors (Lipinski definition) is 1. The van der Waals surface area contributed by atoms with Gasteiger partial charge >= 0.3 is 0 Å². The SMILES string of the molecule is Clc1cc2ccccc2c2oc3cc(Br)ccc3c12. The average molecular weight is 332 g/mol. The molecule has 0 aliphatic rings. The molecule has 0 aliphatic heterocycles. The fourth-order valence-electron chi connectivity index (χ4n) is 2.54. The summed E-state index contributed by atoms with van der Waals surface area (Å²) in [5.41, 5.74) is 1.71. The number of fused-ring (bicyclic) bond motifs is 5. The van der Waals surface area contributed by atoms with Gasteiger partial charge in [-0.05, 0) is 29.7 Å². The highest BCUT2D eigenvalue weighted by molar-refractivity contribution is 9.10. The first kappa shape index (κ1) is 11.3. The van der Waals surface area contributed by atoms with Crippen molar-refractivity contribution in [1.82, 2.24) is 0 Å². The van der Waals surface area contributed by atoms with Crippen LogP contribution in [0.2, 0.25) is 5.02 Å². The Kier molecular flexibility index (Phi) is 2.38. The van der Waals surface area contributed by atoms with E-state index in [0.717, 1.165) is 42.2 Å². The van der Waals surface area contributed by atoms with Gasteiger partial charge in [-0.3, -0.25) is 0 Å². The number of furan rings is 1. The lowest BCUT2D eigenvalue weighted by molar-refractivity contribution is 0.672. The molecule has 1 aromatic heterocycles. The first-order chi connectivity index (χ1) is 9.24. The molecule has 92 valence electrons. The normalized spacial score (nSPS) is 11.7. The van der Waals surface area contributed by atoms with Gasteiger partial charge in [0.15, 0.2) is 0 Å². The Morgan fingerprint density at radius 2 is 1.79 bits per heavy atom.